The fraction of sp³-hybridized carbons (Fsp3) is 0.400. The van der Waals surface area contributed by atoms with E-state index in [9.17, 15) is 14.3 Å². The highest BCUT2D eigenvalue weighted by Gasteiger charge is 2.28. The minimum Gasteiger partial charge on any atom is -0.383 e. The van der Waals surface area contributed by atoms with Crippen LogP contribution in [0.5, 0.6) is 0 Å². The van der Waals surface area contributed by atoms with Gasteiger partial charge in [-0.15, -0.1) is 0 Å². The minimum absolute atomic E-state index is 0. The molecule has 4 rings (SSSR count). The molecule has 1 fully saturated rings. The van der Waals surface area contributed by atoms with Gasteiger partial charge in [0.15, 0.2) is 5.82 Å². The van der Waals surface area contributed by atoms with Crippen LogP contribution in [0.4, 0.5) is 10.2 Å². The summed E-state index contributed by atoms with van der Waals surface area (Å²) < 4.78 is 14.1. The molecule has 1 saturated heterocycles. The lowest BCUT2D eigenvalue weighted by Gasteiger charge is -2.37. The van der Waals surface area contributed by atoms with E-state index in [0.29, 0.717) is 55.1 Å². The number of hydrogen-bond acceptors (Lipinski definition) is 5. The number of benzene rings is 2. The van der Waals surface area contributed by atoms with Crippen molar-refractivity contribution in [2.45, 2.75) is 33.3 Å². The summed E-state index contributed by atoms with van der Waals surface area (Å²) in [5, 5.41) is 10.9. The van der Waals surface area contributed by atoms with E-state index < -0.39 is 6.10 Å². The van der Waals surface area contributed by atoms with Crippen molar-refractivity contribution in [3.63, 3.8) is 0 Å². The third kappa shape index (κ3) is 4.58. The number of hydrogen-bond donors (Lipinski definition) is 1. The molecule has 6 nitrogen and oxygen atoms in total. The molecule has 1 amide bonds. The predicted molar refractivity (Wildman–Crippen MR) is 126 cm³/mol. The van der Waals surface area contributed by atoms with Crippen LogP contribution in [0.25, 0.3) is 22.3 Å². The summed E-state index contributed by atoms with van der Waals surface area (Å²) in [5.41, 5.74) is 2.68. The van der Waals surface area contributed by atoms with E-state index >= 15 is 0 Å². The molecule has 1 atom stereocenters. The molecule has 1 aromatic heterocycles. The Labute approximate surface area is 189 Å². The van der Waals surface area contributed by atoms with E-state index in [1.807, 2.05) is 45.0 Å². The molecule has 0 spiro atoms. The lowest BCUT2D eigenvalue weighted by molar-refractivity contribution is -0.141. The van der Waals surface area contributed by atoms with Crippen molar-refractivity contribution in [1.82, 2.24) is 14.9 Å². The number of amides is 1. The molecule has 3 aromatic rings. The average Bonchev–Trinajstić information content (AvgIpc) is 2.78. The summed E-state index contributed by atoms with van der Waals surface area (Å²) in [5.74, 6) is 0.956. The van der Waals surface area contributed by atoms with E-state index in [2.05, 4.69) is 4.90 Å². The summed E-state index contributed by atoms with van der Waals surface area (Å²) >= 11 is 0. The second-order valence-corrected chi connectivity index (χ2v) is 8.80. The first-order valence-corrected chi connectivity index (χ1v) is 11.1. The minimum atomic E-state index is -0.969. The molecule has 0 saturated carbocycles. The van der Waals surface area contributed by atoms with Crippen LogP contribution in [0.1, 0.15) is 27.3 Å². The number of nitrogens with zero attached hydrogens (tertiary/aromatic N) is 4. The Morgan fingerprint density at radius 2 is 1.84 bits per heavy atom. The van der Waals surface area contributed by atoms with Crippen molar-refractivity contribution in [1.29, 1.82) is 0 Å². The summed E-state index contributed by atoms with van der Waals surface area (Å²) in [6, 6.07) is 12.5. The molecule has 1 aliphatic heterocycles. The molecule has 7 heteroatoms. The number of carbonyl (C=O) groups is 1. The number of anilines is 1. The SMILES string of the molecule is Cc1ccccc1-c1nc(N2CCN(C(=O)[C@H](O)CC(C)C)CC2)c2cc(F)ccc2n1.[HH]. The molecule has 0 bridgehead atoms. The monoisotopic (exact) mass is 438 g/mol. The molecule has 0 aliphatic carbocycles. The van der Waals surface area contributed by atoms with Gasteiger partial charge in [0, 0.05) is 38.6 Å². The molecule has 1 aliphatic rings. The third-order valence-corrected chi connectivity index (χ3v) is 5.89. The van der Waals surface area contributed by atoms with Crippen molar-refractivity contribution in [2.24, 2.45) is 5.92 Å². The Hall–Kier alpha value is -3.06. The Morgan fingerprint density at radius 1 is 1.12 bits per heavy atom. The molecule has 2 heterocycles. The van der Waals surface area contributed by atoms with Gasteiger partial charge < -0.3 is 14.9 Å². The van der Waals surface area contributed by atoms with Gasteiger partial charge in [-0.05, 0) is 43.0 Å². The largest absolute Gasteiger partial charge is 0.383 e. The Morgan fingerprint density at radius 3 is 2.53 bits per heavy atom. The highest BCUT2D eigenvalue weighted by Crippen LogP contribution is 2.30. The first-order chi connectivity index (χ1) is 15.3. The second-order valence-electron chi connectivity index (χ2n) is 8.80. The van der Waals surface area contributed by atoms with Gasteiger partial charge in [0.25, 0.3) is 5.91 Å². The smallest absolute Gasteiger partial charge is 0.251 e. The van der Waals surface area contributed by atoms with E-state index in [-0.39, 0.29) is 19.1 Å². The number of halogens is 1. The van der Waals surface area contributed by atoms with Gasteiger partial charge in [0.05, 0.1) is 5.52 Å². The van der Waals surface area contributed by atoms with Gasteiger partial charge in [-0.2, -0.15) is 0 Å². The topological polar surface area (TPSA) is 69.6 Å². The standard InChI is InChI=1S/C25H29FN4O2.H2/c1-16(2)14-22(31)25(32)30-12-10-29(11-13-30)24-20-15-18(26)8-9-21(20)27-23(28-24)19-7-5-4-6-17(19)3;/h4-9,15-16,22,31H,10-14H2,1-3H3;1H/t22-;/m1./s1. The van der Waals surface area contributed by atoms with Crippen LogP contribution < -0.4 is 4.90 Å². The fourth-order valence-electron chi connectivity index (χ4n) is 4.17. The Balaban J connectivity index is 0.00000306. The molecule has 0 unspecified atom stereocenters. The first kappa shape index (κ1) is 22.1. The lowest BCUT2D eigenvalue weighted by atomic mass is 10.0. The van der Waals surface area contributed by atoms with Gasteiger partial charge >= 0.3 is 0 Å². The lowest BCUT2D eigenvalue weighted by Crippen LogP contribution is -2.52. The molecule has 0 radical (unpaired) electrons. The maximum absolute atomic E-state index is 14.1. The van der Waals surface area contributed by atoms with Gasteiger partial charge in [-0.25, -0.2) is 14.4 Å². The normalized spacial score (nSPS) is 15.4. The van der Waals surface area contributed by atoms with E-state index in [1.165, 1.54) is 12.1 Å². The molecular formula is C25H31FN4O2. The number of carbonyl (C=O) groups excluding carboxylic acids is 1. The molecule has 32 heavy (non-hydrogen) atoms. The fourth-order valence-corrected chi connectivity index (χ4v) is 4.17. The van der Waals surface area contributed by atoms with Crippen LogP contribution in [0.2, 0.25) is 0 Å². The summed E-state index contributed by atoms with van der Waals surface area (Å²) in [7, 11) is 0. The average molecular weight is 439 g/mol. The molecule has 2 aromatic carbocycles. The molecule has 1 N–H and O–H groups in total. The van der Waals surface area contributed by atoms with Gasteiger partial charge in [-0.3, -0.25) is 4.79 Å². The predicted octanol–water partition coefficient (Wildman–Crippen LogP) is 4.05. The van der Waals surface area contributed by atoms with Gasteiger partial charge in [0.1, 0.15) is 17.7 Å². The molecule has 170 valence electrons. The number of aliphatic hydroxyl groups is 1. The summed E-state index contributed by atoms with van der Waals surface area (Å²) in [6.45, 7) is 8.05. The van der Waals surface area contributed by atoms with Crippen molar-refractivity contribution < 1.29 is 15.7 Å². The van der Waals surface area contributed by atoms with Gasteiger partial charge in [0.2, 0.25) is 0 Å². The van der Waals surface area contributed by atoms with Crippen molar-refractivity contribution in [2.75, 3.05) is 31.1 Å². The quantitative estimate of drug-likeness (QED) is 0.651. The number of rotatable bonds is 5. The Bertz CT molecular complexity index is 1130. The maximum Gasteiger partial charge on any atom is 0.251 e. The summed E-state index contributed by atoms with van der Waals surface area (Å²) in [6.07, 6.45) is -0.516. The Kier molecular flexibility index (Phi) is 6.37. The number of fused-ring (bicyclic) bond motifs is 1. The zero-order valence-electron chi connectivity index (χ0n) is 18.8. The van der Waals surface area contributed by atoms with Gasteiger partial charge in [-0.1, -0.05) is 38.1 Å². The number of aliphatic hydroxyl groups excluding tert-OH is 1. The van der Waals surface area contributed by atoms with E-state index in [4.69, 9.17) is 9.97 Å². The van der Waals surface area contributed by atoms with Crippen LogP contribution in [-0.2, 0) is 4.79 Å². The van der Waals surface area contributed by atoms with Crippen molar-refractivity contribution in [3.8, 4) is 11.4 Å². The van der Waals surface area contributed by atoms with Crippen LogP contribution >= 0.6 is 0 Å². The second kappa shape index (κ2) is 9.20. The van der Waals surface area contributed by atoms with E-state index in [0.717, 1.165) is 11.1 Å². The number of piperazine rings is 1. The van der Waals surface area contributed by atoms with Crippen LogP contribution in [-0.4, -0.2) is 58.2 Å². The van der Waals surface area contributed by atoms with Crippen molar-refractivity contribution in [3.05, 3.63) is 53.8 Å². The number of aromatic nitrogens is 2. The van der Waals surface area contributed by atoms with Crippen LogP contribution in [0.3, 0.4) is 0 Å². The van der Waals surface area contributed by atoms with Crippen LogP contribution in [0, 0.1) is 18.7 Å². The van der Waals surface area contributed by atoms with Crippen molar-refractivity contribution >= 4 is 22.6 Å². The molecular weight excluding hydrogens is 407 g/mol. The number of aryl methyl sites for hydroxylation is 1. The summed E-state index contributed by atoms with van der Waals surface area (Å²) in [4.78, 5) is 25.9. The highest BCUT2D eigenvalue weighted by molar-refractivity contribution is 5.91. The maximum atomic E-state index is 14.1. The zero-order valence-corrected chi connectivity index (χ0v) is 18.8. The van der Waals surface area contributed by atoms with Crippen LogP contribution in [0.15, 0.2) is 42.5 Å². The first-order valence-electron chi connectivity index (χ1n) is 11.1. The zero-order chi connectivity index (χ0) is 22.8. The van der Waals surface area contributed by atoms with E-state index in [1.54, 1.807) is 11.0 Å². The highest BCUT2D eigenvalue weighted by atomic mass is 19.1. The third-order valence-electron chi connectivity index (χ3n) is 5.89.